The summed E-state index contributed by atoms with van der Waals surface area (Å²) in [5, 5.41) is 1.20. The fourth-order valence-electron chi connectivity index (χ4n) is 2.59. The smallest absolute Gasteiger partial charge is 0.271 e. The molecule has 7 heteroatoms. The van der Waals surface area contributed by atoms with Crippen LogP contribution >= 0.6 is 23.2 Å². The van der Waals surface area contributed by atoms with Gasteiger partial charge in [-0.25, -0.2) is 14.4 Å². The number of pyridine rings is 1. The Balaban J connectivity index is 2.11. The van der Waals surface area contributed by atoms with Crippen LogP contribution in [0, 0.1) is 0 Å². The van der Waals surface area contributed by atoms with Crippen molar-refractivity contribution in [2.24, 2.45) is 4.99 Å². The molecular weight excluding hydrogens is 371 g/mol. The van der Waals surface area contributed by atoms with E-state index in [2.05, 4.69) is 9.98 Å². The van der Waals surface area contributed by atoms with Crippen molar-refractivity contribution >= 4 is 34.5 Å². The van der Waals surface area contributed by atoms with Gasteiger partial charge in [-0.3, -0.25) is 4.40 Å². The molecule has 0 N–H and O–H groups in total. The number of aromatic nitrogens is 3. The molecule has 0 aliphatic heterocycles. The standard InChI is InChI=1S/C19H12Cl2N4O/c20-13-4-8-15(9-5-13)22-18-24-12-2-1-3-17(24)23-19(26)25(18)16-10-6-14(21)7-11-16/h1-12H. The minimum atomic E-state index is -0.425. The van der Waals surface area contributed by atoms with Crippen molar-refractivity contribution in [2.75, 3.05) is 0 Å². The maximum absolute atomic E-state index is 12.7. The second-order valence-electron chi connectivity index (χ2n) is 5.52. The first-order valence-electron chi connectivity index (χ1n) is 7.78. The van der Waals surface area contributed by atoms with Gasteiger partial charge in [0.25, 0.3) is 0 Å². The van der Waals surface area contributed by atoms with Crippen molar-refractivity contribution in [2.45, 2.75) is 0 Å². The van der Waals surface area contributed by atoms with Crippen molar-refractivity contribution in [1.29, 1.82) is 0 Å². The molecule has 0 bridgehead atoms. The van der Waals surface area contributed by atoms with Crippen LogP contribution in [0.5, 0.6) is 0 Å². The molecule has 128 valence electrons. The fourth-order valence-corrected chi connectivity index (χ4v) is 2.84. The van der Waals surface area contributed by atoms with E-state index in [-0.39, 0.29) is 0 Å². The fraction of sp³-hybridized carbons (Fsp3) is 0. The Morgan fingerprint density at radius 1 is 0.846 bits per heavy atom. The highest BCUT2D eigenvalue weighted by Gasteiger charge is 2.08. The predicted octanol–water partition coefficient (Wildman–Crippen LogP) is 4.02. The molecule has 0 saturated carbocycles. The average molecular weight is 383 g/mol. The summed E-state index contributed by atoms with van der Waals surface area (Å²) in [7, 11) is 0. The number of hydrogen-bond acceptors (Lipinski definition) is 3. The maximum atomic E-state index is 12.7. The zero-order chi connectivity index (χ0) is 18.1. The minimum Gasteiger partial charge on any atom is -0.271 e. The molecule has 2 aromatic carbocycles. The lowest BCUT2D eigenvalue weighted by Crippen LogP contribution is -2.38. The van der Waals surface area contributed by atoms with Gasteiger partial charge in [0.1, 0.15) is 5.65 Å². The van der Waals surface area contributed by atoms with E-state index in [1.807, 2.05) is 18.3 Å². The van der Waals surface area contributed by atoms with E-state index in [0.29, 0.717) is 32.7 Å². The van der Waals surface area contributed by atoms with Crippen LogP contribution in [0.2, 0.25) is 10.0 Å². The van der Waals surface area contributed by atoms with Crippen LogP contribution in [-0.4, -0.2) is 14.0 Å². The number of nitrogens with zero attached hydrogens (tertiary/aromatic N) is 4. The Kier molecular flexibility index (Phi) is 4.32. The lowest BCUT2D eigenvalue weighted by Gasteiger charge is -2.10. The van der Waals surface area contributed by atoms with E-state index in [4.69, 9.17) is 23.2 Å². The molecule has 4 rings (SSSR count). The van der Waals surface area contributed by atoms with E-state index in [9.17, 15) is 4.79 Å². The first kappa shape index (κ1) is 16.6. The molecule has 2 aromatic heterocycles. The van der Waals surface area contributed by atoms with E-state index in [1.165, 1.54) is 4.57 Å². The van der Waals surface area contributed by atoms with E-state index in [0.717, 1.165) is 0 Å². The summed E-state index contributed by atoms with van der Waals surface area (Å²) >= 11 is 11.9. The van der Waals surface area contributed by atoms with Gasteiger partial charge in [-0.15, -0.1) is 0 Å². The highest BCUT2D eigenvalue weighted by Crippen LogP contribution is 2.16. The maximum Gasteiger partial charge on any atom is 0.357 e. The van der Waals surface area contributed by atoms with E-state index < -0.39 is 5.69 Å². The van der Waals surface area contributed by atoms with Crippen molar-refractivity contribution in [3.05, 3.63) is 99.1 Å². The molecule has 2 heterocycles. The van der Waals surface area contributed by atoms with Crippen LogP contribution in [-0.2, 0) is 0 Å². The Morgan fingerprint density at radius 3 is 2.19 bits per heavy atom. The van der Waals surface area contributed by atoms with Crippen LogP contribution < -0.4 is 11.3 Å². The van der Waals surface area contributed by atoms with E-state index >= 15 is 0 Å². The Hall–Kier alpha value is -2.89. The molecule has 0 unspecified atom stereocenters. The largest absolute Gasteiger partial charge is 0.357 e. The average Bonchev–Trinajstić information content (AvgIpc) is 2.65. The molecule has 4 aromatic rings. The van der Waals surface area contributed by atoms with Crippen LogP contribution in [0.15, 0.2) is 82.7 Å². The Labute approximate surface area is 158 Å². The van der Waals surface area contributed by atoms with Gasteiger partial charge < -0.3 is 0 Å². The van der Waals surface area contributed by atoms with Crippen molar-refractivity contribution in [1.82, 2.24) is 14.0 Å². The summed E-state index contributed by atoms with van der Waals surface area (Å²) in [6.45, 7) is 0. The Bertz CT molecular complexity index is 1210. The van der Waals surface area contributed by atoms with Crippen LogP contribution in [0.3, 0.4) is 0 Å². The van der Waals surface area contributed by atoms with Gasteiger partial charge in [0, 0.05) is 16.2 Å². The normalized spacial score (nSPS) is 11.8. The van der Waals surface area contributed by atoms with Crippen molar-refractivity contribution < 1.29 is 0 Å². The third kappa shape index (κ3) is 3.14. The highest BCUT2D eigenvalue weighted by molar-refractivity contribution is 6.30. The van der Waals surface area contributed by atoms with Crippen LogP contribution in [0.1, 0.15) is 0 Å². The number of hydrogen-bond donors (Lipinski definition) is 0. The first-order chi connectivity index (χ1) is 12.6. The lowest BCUT2D eigenvalue weighted by molar-refractivity contribution is 0.767. The molecule has 0 aliphatic rings. The monoisotopic (exact) mass is 382 g/mol. The number of halogens is 2. The van der Waals surface area contributed by atoms with Gasteiger partial charge in [0.05, 0.1) is 11.4 Å². The zero-order valence-corrected chi connectivity index (χ0v) is 14.9. The Morgan fingerprint density at radius 2 is 1.50 bits per heavy atom. The number of benzene rings is 2. The summed E-state index contributed by atoms with van der Waals surface area (Å²) < 4.78 is 3.20. The topological polar surface area (TPSA) is 51.7 Å². The summed E-state index contributed by atoms with van der Waals surface area (Å²) in [5.74, 6) is 0. The quantitative estimate of drug-likeness (QED) is 0.525. The first-order valence-corrected chi connectivity index (χ1v) is 8.54. The second-order valence-corrected chi connectivity index (χ2v) is 6.40. The van der Waals surface area contributed by atoms with E-state index in [1.54, 1.807) is 59.0 Å². The van der Waals surface area contributed by atoms with Crippen LogP contribution in [0.4, 0.5) is 5.69 Å². The van der Waals surface area contributed by atoms with Gasteiger partial charge in [-0.2, -0.15) is 4.98 Å². The SMILES string of the molecule is O=c1nc2ccccn2c(=Nc2ccc(Cl)cc2)n1-c1ccc(Cl)cc1. The third-order valence-corrected chi connectivity index (χ3v) is 4.30. The van der Waals surface area contributed by atoms with Gasteiger partial charge in [0.15, 0.2) is 0 Å². The van der Waals surface area contributed by atoms with Gasteiger partial charge in [0.2, 0.25) is 5.62 Å². The van der Waals surface area contributed by atoms with Gasteiger partial charge in [-0.1, -0.05) is 29.3 Å². The second kappa shape index (κ2) is 6.78. The molecule has 0 radical (unpaired) electrons. The molecule has 0 amide bonds. The number of rotatable bonds is 2. The summed E-state index contributed by atoms with van der Waals surface area (Å²) in [6.07, 6.45) is 1.81. The van der Waals surface area contributed by atoms with Crippen molar-refractivity contribution in [3.8, 4) is 5.69 Å². The molecule has 0 fully saturated rings. The third-order valence-electron chi connectivity index (χ3n) is 3.80. The molecule has 26 heavy (non-hydrogen) atoms. The minimum absolute atomic E-state index is 0.422. The molecule has 0 atom stereocenters. The summed E-state index contributed by atoms with van der Waals surface area (Å²) in [4.78, 5) is 21.5. The predicted molar refractivity (Wildman–Crippen MR) is 102 cm³/mol. The lowest BCUT2D eigenvalue weighted by atomic mass is 10.3. The zero-order valence-electron chi connectivity index (χ0n) is 13.4. The molecule has 5 nitrogen and oxygen atoms in total. The van der Waals surface area contributed by atoms with Crippen LogP contribution in [0.25, 0.3) is 11.3 Å². The summed E-state index contributed by atoms with van der Waals surface area (Å²) in [5.41, 5.74) is 1.80. The highest BCUT2D eigenvalue weighted by atomic mass is 35.5. The van der Waals surface area contributed by atoms with Gasteiger partial charge in [-0.05, 0) is 60.7 Å². The van der Waals surface area contributed by atoms with Crippen molar-refractivity contribution in [3.63, 3.8) is 0 Å². The van der Waals surface area contributed by atoms with Gasteiger partial charge >= 0.3 is 5.69 Å². The number of fused-ring (bicyclic) bond motifs is 1. The molecule has 0 saturated heterocycles. The molecule has 0 aliphatic carbocycles. The molecular formula is C19H12Cl2N4O. The summed E-state index contributed by atoms with van der Waals surface area (Å²) in [6, 6.07) is 19.4. The molecule has 0 spiro atoms.